The maximum atomic E-state index is 13.0. The highest BCUT2D eigenvalue weighted by atomic mass is 16.3. The minimum absolute atomic E-state index is 0.0797. The van der Waals surface area contributed by atoms with E-state index in [1.807, 2.05) is 11.0 Å². The third kappa shape index (κ3) is 4.52. The quantitative estimate of drug-likeness (QED) is 0.629. The molecule has 1 atom stereocenters. The molecule has 2 aromatic heterocycles. The summed E-state index contributed by atoms with van der Waals surface area (Å²) in [5.41, 5.74) is 1.56. The zero-order valence-corrected chi connectivity index (χ0v) is 17.1. The van der Waals surface area contributed by atoms with Crippen LogP contribution in [0, 0.1) is 0 Å². The van der Waals surface area contributed by atoms with Gasteiger partial charge in [0.2, 0.25) is 5.91 Å². The van der Waals surface area contributed by atoms with Crippen molar-refractivity contribution in [2.24, 2.45) is 0 Å². The van der Waals surface area contributed by atoms with Crippen LogP contribution in [0.2, 0.25) is 0 Å². The van der Waals surface area contributed by atoms with Crippen molar-refractivity contribution in [3.63, 3.8) is 0 Å². The van der Waals surface area contributed by atoms with Gasteiger partial charge in [0.05, 0.1) is 6.26 Å². The number of aromatic nitrogens is 2. The van der Waals surface area contributed by atoms with Gasteiger partial charge in [0.25, 0.3) is 5.56 Å². The number of amides is 1. The van der Waals surface area contributed by atoms with E-state index in [0.717, 1.165) is 26.1 Å². The fraction of sp³-hybridized carbons (Fsp3) is 0.348. The summed E-state index contributed by atoms with van der Waals surface area (Å²) in [5, 5.41) is 4.36. The van der Waals surface area contributed by atoms with Crippen molar-refractivity contribution >= 4 is 5.91 Å². The number of carbonyl (C=O) groups excluding carboxylic acids is 1. The average molecular weight is 406 g/mol. The summed E-state index contributed by atoms with van der Waals surface area (Å²) in [6.07, 6.45) is 2.56. The largest absolute Gasteiger partial charge is 0.463 e. The Morgan fingerprint density at radius 1 is 1.03 bits per heavy atom. The molecule has 1 aromatic carbocycles. The van der Waals surface area contributed by atoms with E-state index in [4.69, 9.17) is 4.42 Å². The molecule has 0 N–H and O–H groups in total. The number of piperazine rings is 1. The smallest absolute Gasteiger partial charge is 0.267 e. The Balaban J connectivity index is 1.36. The number of hydrogen-bond donors (Lipinski definition) is 0. The number of carbonyl (C=O) groups is 1. The van der Waals surface area contributed by atoms with Gasteiger partial charge in [0.1, 0.15) is 11.7 Å². The third-order valence-corrected chi connectivity index (χ3v) is 5.57. The van der Waals surface area contributed by atoms with E-state index in [1.54, 1.807) is 31.4 Å². The van der Waals surface area contributed by atoms with Gasteiger partial charge in [-0.05, 0) is 37.1 Å². The first-order valence-electron chi connectivity index (χ1n) is 10.3. The molecule has 1 amide bonds. The second kappa shape index (κ2) is 9.09. The molecule has 1 aliphatic heterocycles. The Morgan fingerprint density at radius 2 is 1.80 bits per heavy atom. The first-order chi connectivity index (χ1) is 14.6. The van der Waals surface area contributed by atoms with Crippen molar-refractivity contribution in [1.82, 2.24) is 19.6 Å². The standard InChI is InChI=1S/C23H26N4O3/c1-18(27-22(28)10-9-20(24-27)21-8-5-17-30-21)23(29)26-15-13-25(14-16-26)12-11-19-6-3-2-4-7-19/h2-10,17-18H,11-16H2,1H3. The first-order valence-corrected chi connectivity index (χ1v) is 10.3. The molecule has 30 heavy (non-hydrogen) atoms. The van der Waals surface area contributed by atoms with Gasteiger partial charge in [-0.1, -0.05) is 30.3 Å². The van der Waals surface area contributed by atoms with Crippen LogP contribution < -0.4 is 5.56 Å². The molecule has 4 rings (SSSR count). The molecule has 1 fully saturated rings. The summed E-state index contributed by atoms with van der Waals surface area (Å²) in [7, 11) is 0. The predicted molar refractivity (Wildman–Crippen MR) is 114 cm³/mol. The molecule has 1 aliphatic rings. The van der Waals surface area contributed by atoms with Gasteiger partial charge >= 0.3 is 0 Å². The normalized spacial score (nSPS) is 15.8. The Labute approximate surface area is 175 Å². The molecule has 0 saturated carbocycles. The molecule has 0 aliphatic carbocycles. The summed E-state index contributed by atoms with van der Waals surface area (Å²) in [6, 6.07) is 16.3. The Kier molecular flexibility index (Phi) is 6.09. The molecule has 1 saturated heterocycles. The predicted octanol–water partition coefficient (Wildman–Crippen LogP) is 2.45. The number of rotatable bonds is 6. The Morgan fingerprint density at radius 3 is 2.50 bits per heavy atom. The van der Waals surface area contributed by atoms with Crippen LogP contribution >= 0.6 is 0 Å². The number of furan rings is 1. The van der Waals surface area contributed by atoms with Crippen molar-refractivity contribution in [2.75, 3.05) is 32.7 Å². The van der Waals surface area contributed by atoms with E-state index in [-0.39, 0.29) is 11.5 Å². The topological polar surface area (TPSA) is 71.6 Å². The zero-order valence-electron chi connectivity index (χ0n) is 17.1. The summed E-state index contributed by atoms with van der Waals surface area (Å²) in [6.45, 7) is 5.69. The van der Waals surface area contributed by atoms with Crippen molar-refractivity contribution < 1.29 is 9.21 Å². The van der Waals surface area contributed by atoms with Crippen molar-refractivity contribution in [3.8, 4) is 11.5 Å². The molecule has 7 nitrogen and oxygen atoms in total. The van der Waals surface area contributed by atoms with E-state index in [0.29, 0.717) is 24.5 Å². The van der Waals surface area contributed by atoms with E-state index in [9.17, 15) is 9.59 Å². The fourth-order valence-corrected chi connectivity index (χ4v) is 3.75. The lowest BCUT2D eigenvalue weighted by Gasteiger charge is -2.36. The van der Waals surface area contributed by atoms with Crippen LogP contribution in [-0.4, -0.2) is 58.2 Å². The minimum atomic E-state index is -0.664. The van der Waals surface area contributed by atoms with Crippen LogP contribution in [0.15, 0.2) is 70.1 Å². The van der Waals surface area contributed by atoms with E-state index in [1.165, 1.54) is 16.3 Å². The first kappa shape index (κ1) is 20.1. The third-order valence-electron chi connectivity index (χ3n) is 5.57. The van der Waals surface area contributed by atoms with Crippen LogP contribution in [0.25, 0.3) is 11.5 Å². The number of nitrogens with zero attached hydrogens (tertiary/aromatic N) is 4. The molecule has 3 heterocycles. The fourth-order valence-electron chi connectivity index (χ4n) is 3.75. The van der Waals surface area contributed by atoms with Gasteiger partial charge in [0.15, 0.2) is 5.76 Å². The van der Waals surface area contributed by atoms with E-state index >= 15 is 0 Å². The van der Waals surface area contributed by atoms with Crippen LogP contribution in [0.4, 0.5) is 0 Å². The molecular formula is C23H26N4O3. The van der Waals surface area contributed by atoms with Gasteiger partial charge in [-0.3, -0.25) is 14.5 Å². The summed E-state index contributed by atoms with van der Waals surface area (Å²) in [4.78, 5) is 29.6. The van der Waals surface area contributed by atoms with Gasteiger partial charge < -0.3 is 9.32 Å². The van der Waals surface area contributed by atoms with Crippen LogP contribution in [0.5, 0.6) is 0 Å². The lowest BCUT2D eigenvalue weighted by atomic mass is 10.1. The molecule has 3 aromatic rings. The summed E-state index contributed by atoms with van der Waals surface area (Å²) >= 11 is 0. The van der Waals surface area contributed by atoms with Crippen LogP contribution in [0.3, 0.4) is 0 Å². The van der Waals surface area contributed by atoms with Gasteiger partial charge in [0, 0.05) is 38.8 Å². The molecule has 0 bridgehead atoms. The lowest BCUT2D eigenvalue weighted by molar-refractivity contribution is -0.136. The average Bonchev–Trinajstić information content (AvgIpc) is 3.33. The number of benzene rings is 1. The molecule has 0 spiro atoms. The zero-order chi connectivity index (χ0) is 20.9. The molecule has 0 radical (unpaired) electrons. The lowest BCUT2D eigenvalue weighted by Crippen LogP contribution is -2.51. The van der Waals surface area contributed by atoms with Crippen LogP contribution in [0.1, 0.15) is 18.5 Å². The molecular weight excluding hydrogens is 380 g/mol. The highest BCUT2D eigenvalue weighted by Crippen LogP contribution is 2.17. The molecule has 1 unspecified atom stereocenters. The number of hydrogen-bond acceptors (Lipinski definition) is 5. The van der Waals surface area contributed by atoms with Gasteiger partial charge in [-0.15, -0.1) is 0 Å². The highest BCUT2D eigenvalue weighted by molar-refractivity contribution is 5.80. The molecule has 7 heteroatoms. The van der Waals surface area contributed by atoms with Gasteiger partial charge in [-0.25, -0.2) is 4.68 Å². The SMILES string of the molecule is CC(C(=O)N1CCN(CCc2ccccc2)CC1)n1nc(-c2ccco2)ccc1=O. The summed E-state index contributed by atoms with van der Waals surface area (Å²) in [5.74, 6) is 0.485. The maximum Gasteiger partial charge on any atom is 0.267 e. The van der Waals surface area contributed by atoms with E-state index in [2.05, 4.69) is 34.3 Å². The second-order valence-electron chi connectivity index (χ2n) is 7.56. The minimum Gasteiger partial charge on any atom is -0.463 e. The molecule has 156 valence electrons. The van der Waals surface area contributed by atoms with Crippen molar-refractivity contribution in [3.05, 3.63) is 76.8 Å². The highest BCUT2D eigenvalue weighted by Gasteiger charge is 2.27. The Hall–Kier alpha value is -3.19. The van der Waals surface area contributed by atoms with Crippen molar-refractivity contribution in [2.45, 2.75) is 19.4 Å². The monoisotopic (exact) mass is 406 g/mol. The van der Waals surface area contributed by atoms with E-state index < -0.39 is 6.04 Å². The van der Waals surface area contributed by atoms with Crippen molar-refractivity contribution in [1.29, 1.82) is 0 Å². The maximum absolute atomic E-state index is 13.0. The summed E-state index contributed by atoms with van der Waals surface area (Å²) < 4.78 is 6.61. The van der Waals surface area contributed by atoms with Crippen LogP contribution in [-0.2, 0) is 11.2 Å². The Bertz CT molecular complexity index is 1020. The second-order valence-corrected chi connectivity index (χ2v) is 7.56. The van der Waals surface area contributed by atoms with Gasteiger partial charge in [-0.2, -0.15) is 5.10 Å².